The van der Waals surface area contributed by atoms with E-state index < -0.39 is 11.6 Å². The summed E-state index contributed by atoms with van der Waals surface area (Å²) in [5, 5.41) is 17.1. The summed E-state index contributed by atoms with van der Waals surface area (Å²) in [7, 11) is 2.15. The number of imide groups is 1. The summed E-state index contributed by atoms with van der Waals surface area (Å²) in [4.78, 5) is 44.1. The number of rotatable bonds is 11. The first-order valence-electron chi connectivity index (χ1n) is 19.5. The molecule has 3 aliphatic rings. The first kappa shape index (κ1) is 38.0. The zero-order chi connectivity index (χ0) is 39.5. The van der Waals surface area contributed by atoms with Crippen LogP contribution in [0.1, 0.15) is 59.2 Å². The molecule has 12 nitrogen and oxygen atoms in total. The van der Waals surface area contributed by atoms with E-state index in [0.29, 0.717) is 61.0 Å². The fraction of sp³-hybridized carbons (Fsp3) is 0.349. The lowest BCUT2D eigenvalue weighted by atomic mass is 10.0. The van der Waals surface area contributed by atoms with Crippen molar-refractivity contribution in [1.82, 2.24) is 20.4 Å². The molecule has 57 heavy (non-hydrogen) atoms. The number of fused-ring (bicyclic) bond motifs is 1. The summed E-state index contributed by atoms with van der Waals surface area (Å²) in [6.07, 6.45) is 4.23. The molecule has 0 aliphatic carbocycles. The maximum absolute atomic E-state index is 14.0. The van der Waals surface area contributed by atoms with Crippen LogP contribution < -0.4 is 25.8 Å². The van der Waals surface area contributed by atoms with Crippen LogP contribution in [0.15, 0.2) is 78.9 Å². The molecule has 4 amide bonds. The molecule has 4 heterocycles. The predicted octanol–water partition coefficient (Wildman–Crippen LogP) is 6.82. The van der Waals surface area contributed by atoms with E-state index in [1.54, 1.807) is 4.90 Å². The van der Waals surface area contributed by atoms with Crippen molar-refractivity contribution in [2.24, 2.45) is 0 Å². The van der Waals surface area contributed by atoms with Crippen LogP contribution in [-0.4, -0.2) is 84.9 Å². The third-order valence-electron chi connectivity index (χ3n) is 11.2. The van der Waals surface area contributed by atoms with E-state index in [2.05, 4.69) is 49.1 Å². The van der Waals surface area contributed by atoms with Gasteiger partial charge in [-0.1, -0.05) is 18.2 Å². The lowest BCUT2D eigenvalue weighted by Gasteiger charge is -2.38. The topological polar surface area (TPSA) is 135 Å². The molecule has 1 aromatic heterocycles. The molecular weight excluding hydrogens is 731 g/mol. The van der Waals surface area contributed by atoms with E-state index in [-0.39, 0.29) is 23.9 Å². The molecule has 8 rings (SSSR count). The van der Waals surface area contributed by atoms with E-state index in [1.165, 1.54) is 12.1 Å². The van der Waals surface area contributed by atoms with Crippen LogP contribution in [-0.2, 0) is 22.5 Å². The highest BCUT2D eigenvalue weighted by Crippen LogP contribution is 2.31. The number of amides is 4. The largest absolute Gasteiger partial charge is 0.381 e. The van der Waals surface area contributed by atoms with Crippen molar-refractivity contribution >= 4 is 51.6 Å². The molecule has 0 radical (unpaired) electrons. The van der Waals surface area contributed by atoms with Crippen molar-refractivity contribution < 1.29 is 27.9 Å². The number of nitrogens with one attached hydrogen (secondary N) is 4. The molecule has 14 heteroatoms. The molecule has 0 atom stereocenters. The van der Waals surface area contributed by atoms with Crippen molar-refractivity contribution in [2.45, 2.75) is 57.2 Å². The number of piperidine rings is 1. The summed E-state index contributed by atoms with van der Waals surface area (Å²) >= 11 is 0. The highest BCUT2D eigenvalue weighted by atomic mass is 19.1. The Kier molecular flexibility index (Phi) is 11.1. The van der Waals surface area contributed by atoms with Crippen molar-refractivity contribution in [3.8, 4) is 0 Å². The minimum atomic E-state index is -0.626. The second-order valence-corrected chi connectivity index (χ2v) is 15.2. The number of carbonyl (C=O) groups excluding carboxylic acids is 3. The first-order valence-corrected chi connectivity index (χ1v) is 19.5. The number of hydrogen-bond acceptors (Lipinski definition) is 8. The van der Waals surface area contributed by atoms with E-state index >= 15 is 0 Å². The molecule has 0 unspecified atom stereocenters. The van der Waals surface area contributed by atoms with Gasteiger partial charge in [-0.25, -0.2) is 13.6 Å². The predicted molar refractivity (Wildman–Crippen MR) is 216 cm³/mol. The van der Waals surface area contributed by atoms with Crippen LogP contribution in [0.3, 0.4) is 0 Å². The lowest BCUT2D eigenvalue weighted by molar-refractivity contribution is -0.120. The summed E-state index contributed by atoms with van der Waals surface area (Å²) in [5.41, 5.74) is 6.29. The molecular formula is C43H46F2N8O4. The van der Waals surface area contributed by atoms with E-state index in [1.807, 2.05) is 54.6 Å². The number of halogens is 2. The first-order chi connectivity index (χ1) is 27.6. The number of H-pyrrole nitrogens is 1. The van der Waals surface area contributed by atoms with E-state index in [4.69, 9.17) is 4.74 Å². The van der Waals surface area contributed by atoms with Crippen LogP contribution in [0.4, 0.5) is 36.5 Å². The summed E-state index contributed by atoms with van der Waals surface area (Å²) in [6, 6.07) is 23.2. The highest BCUT2D eigenvalue weighted by molar-refractivity contribution is 6.11. The standard InChI is InChI=1S/C43H46F2N8O4/c1-51(26-27-2-5-34(6-3-27)53-17-12-40(54)47-43(53)56)33-10-15-52(16-11-33)35-7-8-36(39(25-35)46-32-13-18-57-19-14-32)42(55)48-41-37-23-28(4-9-38(37)49-50-41)20-29-21-30(44)24-31(45)22-29/h2-9,21-25,32-33,46H,10-20,26H2,1H3,(H,47,54,56)(H2,48,49,50,55). The number of nitrogens with zero attached hydrogens (tertiary/aromatic N) is 4. The van der Waals surface area contributed by atoms with Crippen LogP contribution in [0, 0.1) is 11.6 Å². The van der Waals surface area contributed by atoms with Gasteiger partial charge in [-0.3, -0.25) is 29.8 Å². The van der Waals surface area contributed by atoms with Crippen LogP contribution >= 0.6 is 0 Å². The number of aromatic amines is 1. The molecule has 296 valence electrons. The zero-order valence-electron chi connectivity index (χ0n) is 31.8. The molecule has 4 aromatic carbocycles. The quantitative estimate of drug-likeness (QED) is 0.115. The minimum Gasteiger partial charge on any atom is -0.381 e. The molecule has 0 spiro atoms. The molecule has 3 aliphatic heterocycles. The molecule has 4 N–H and O–H groups in total. The molecule has 5 aromatic rings. The average molecular weight is 777 g/mol. The van der Waals surface area contributed by atoms with E-state index in [9.17, 15) is 23.2 Å². The SMILES string of the molecule is CN(Cc1ccc(N2CCC(=O)NC2=O)cc1)C1CCN(c2ccc(C(=O)Nc3n[nH]c4ccc(Cc5cc(F)cc(F)c5)cc34)c(NC3CCOCC3)c2)CC1. The minimum absolute atomic E-state index is 0.164. The normalized spacial score (nSPS) is 17.0. The monoisotopic (exact) mass is 776 g/mol. The van der Waals surface area contributed by atoms with Gasteiger partial charge in [-0.05, 0) is 110 Å². The number of urea groups is 1. The Hall–Kier alpha value is -5.86. The fourth-order valence-corrected chi connectivity index (χ4v) is 8.07. The number of hydrogen-bond donors (Lipinski definition) is 4. The number of carbonyl (C=O) groups is 3. The lowest BCUT2D eigenvalue weighted by Crippen LogP contribution is -2.49. The Labute approximate surface area is 329 Å². The van der Waals surface area contributed by atoms with Crippen LogP contribution in [0.25, 0.3) is 10.9 Å². The Morgan fingerprint density at radius 2 is 1.58 bits per heavy atom. The van der Waals surface area contributed by atoms with Gasteiger partial charge < -0.3 is 20.3 Å². The van der Waals surface area contributed by atoms with Crippen molar-refractivity contribution in [3.63, 3.8) is 0 Å². The van der Waals surface area contributed by atoms with Gasteiger partial charge in [0.25, 0.3) is 5.91 Å². The maximum atomic E-state index is 14.0. The van der Waals surface area contributed by atoms with Crippen LogP contribution in [0.2, 0.25) is 0 Å². The third kappa shape index (κ3) is 8.92. The molecule has 0 saturated carbocycles. The molecule has 0 bridgehead atoms. The van der Waals surface area contributed by atoms with Crippen molar-refractivity contribution in [2.75, 3.05) is 60.3 Å². The van der Waals surface area contributed by atoms with Gasteiger partial charge in [0.15, 0.2) is 5.82 Å². The van der Waals surface area contributed by atoms with Gasteiger partial charge in [-0.2, -0.15) is 5.10 Å². The Bertz CT molecular complexity index is 2250. The van der Waals surface area contributed by atoms with Gasteiger partial charge in [-0.15, -0.1) is 0 Å². The van der Waals surface area contributed by atoms with Gasteiger partial charge in [0.1, 0.15) is 11.6 Å². The van der Waals surface area contributed by atoms with Gasteiger partial charge in [0.05, 0.1) is 11.1 Å². The van der Waals surface area contributed by atoms with Gasteiger partial charge in [0.2, 0.25) is 5.91 Å². The second-order valence-electron chi connectivity index (χ2n) is 15.2. The van der Waals surface area contributed by atoms with Crippen molar-refractivity contribution in [1.29, 1.82) is 0 Å². The van der Waals surface area contributed by atoms with Crippen LogP contribution in [0.5, 0.6) is 0 Å². The number of anilines is 4. The molecule has 3 fully saturated rings. The van der Waals surface area contributed by atoms with Crippen molar-refractivity contribution in [3.05, 3.63) is 113 Å². The average Bonchev–Trinajstić information content (AvgIpc) is 3.59. The smallest absolute Gasteiger partial charge is 0.328 e. The third-order valence-corrected chi connectivity index (χ3v) is 11.2. The zero-order valence-corrected chi connectivity index (χ0v) is 31.8. The number of benzene rings is 4. The van der Waals surface area contributed by atoms with Gasteiger partial charge in [0, 0.05) is 86.4 Å². The maximum Gasteiger partial charge on any atom is 0.328 e. The summed E-state index contributed by atoms with van der Waals surface area (Å²) in [5.74, 6) is -1.43. The molecule has 3 saturated heterocycles. The fourth-order valence-electron chi connectivity index (χ4n) is 8.07. The Morgan fingerprint density at radius 3 is 2.32 bits per heavy atom. The number of aromatic nitrogens is 2. The van der Waals surface area contributed by atoms with Gasteiger partial charge >= 0.3 is 6.03 Å². The number of ether oxygens (including phenoxy) is 1. The Morgan fingerprint density at radius 1 is 0.860 bits per heavy atom. The second kappa shape index (κ2) is 16.7. The highest BCUT2D eigenvalue weighted by Gasteiger charge is 2.27. The summed E-state index contributed by atoms with van der Waals surface area (Å²) < 4.78 is 33.3. The summed E-state index contributed by atoms with van der Waals surface area (Å²) in [6.45, 7) is 4.20. The Balaban J connectivity index is 0.931. The van der Waals surface area contributed by atoms with E-state index in [0.717, 1.165) is 85.1 Å².